The third kappa shape index (κ3) is 6.74. The summed E-state index contributed by atoms with van der Waals surface area (Å²) in [4.78, 5) is 35.9. The van der Waals surface area contributed by atoms with Crippen molar-refractivity contribution in [3.05, 3.63) is 41.7 Å². The molecule has 0 radical (unpaired) electrons. The Morgan fingerprint density at radius 2 is 2.07 bits per heavy atom. The SMILES string of the molecule is CN(C)C(=O)Cn1cc(C(=O)Nc2cccc(CSCCC(=O)O)c2)nn1. The Morgan fingerprint density at radius 1 is 1.30 bits per heavy atom. The molecule has 144 valence electrons. The van der Waals surface area contributed by atoms with E-state index in [1.807, 2.05) is 18.2 Å². The number of hydrogen-bond donors (Lipinski definition) is 2. The fourth-order valence-electron chi connectivity index (χ4n) is 2.04. The van der Waals surface area contributed by atoms with Crippen molar-refractivity contribution in [3.63, 3.8) is 0 Å². The lowest BCUT2D eigenvalue weighted by molar-refractivity contribution is -0.136. The number of thioether (sulfide) groups is 1. The van der Waals surface area contributed by atoms with E-state index in [0.717, 1.165) is 5.56 Å². The van der Waals surface area contributed by atoms with Gasteiger partial charge in [0.25, 0.3) is 5.91 Å². The number of amides is 2. The molecule has 2 rings (SSSR count). The first-order valence-electron chi connectivity index (χ1n) is 8.15. The molecule has 0 atom stereocenters. The van der Waals surface area contributed by atoms with Crippen molar-refractivity contribution >= 4 is 35.2 Å². The van der Waals surface area contributed by atoms with E-state index in [4.69, 9.17) is 5.11 Å². The molecular weight excluding hydrogens is 370 g/mol. The van der Waals surface area contributed by atoms with E-state index >= 15 is 0 Å². The Kier molecular flexibility index (Phi) is 7.35. The molecule has 0 spiro atoms. The van der Waals surface area contributed by atoms with E-state index in [2.05, 4.69) is 15.6 Å². The van der Waals surface area contributed by atoms with Crippen molar-refractivity contribution in [2.24, 2.45) is 0 Å². The van der Waals surface area contributed by atoms with Gasteiger partial charge in [-0.15, -0.1) is 5.10 Å². The number of nitrogens with zero attached hydrogens (tertiary/aromatic N) is 4. The van der Waals surface area contributed by atoms with Crippen LogP contribution in [0.25, 0.3) is 0 Å². The predicted octanol–water partition coefficient (Wildman–Crippen LogP) is 1.33. The Morgan fingerprint density at radius 3 is 2.78 bits per heavy atom. The number of aromatic nitrogens is 3. The highest BCUT2D eigenvalue weighted by Gasteiger charge is 2.13. The Bertz CT molecular complexity index is 821. The maximum atomic E-state index is 12.3. The van der Waals surface area contributed by atoms with Crippen LogP contribution in [0.3, 0.4) is 0 Å². The standard InChI is InChI=1S/C17H21N5O4S/c1-21(2)15(23)10-22-9-14(19-20-22)17(26)18-13-5-3-4-12(8-13)11-27-7-6-16(24)25/h3-5,8-9H,6-7,10-11H2,1-2H3,(H,18,26)(H,24,25). The summed E-state index contributed by atoms with van der Waals surface area (Å²) in [5.41, 5.74) is 1.70. The second kappa shape index (κ2) is 9.72. The summed E-state index contributed by atoms with van der Waals surface area (Å²) in [6, 6.07) is 7.30. The molecular formula is C17H21N5O4S. The number of carboxylic acids is 1. The lowest BCUT2D eigenvalue weighted by atomic mass is 10.2. The summed E-state index contributed by atoms with van der Waals surface area (Å²) in [5.74, 6) is -0.210. The highest BCUT2D eigenvalue weighted by molar-refractivity contribution is 7.98. The fourth-order valence-corrected chi connectivity index (χ4v) is 2.92. The highest BCUT2D eigenvalue weighted by Crippen LogP contribution is 2.17. The second-order valence-corrected chi connectivity index (χ2v) is 7.05. The summed E-state index contributed by atoms with van der Waals surface area (Å²) >= 11 is 1.51. The van der Waals surface area contributed by atoms with Crippen LogP contribution < -0.4 is 5.32 Å². The predicted molar refractivity (Wildman–Crippen MR) is 102 cm³/mol. The van der Waals surface area contributed by atoms with Crippen LogP contribution in [0.1, 0.15) is 22.5 Å². The van der Waals surface area contributed by atoms with E-state index in [9.17, 15) is 14.4 Å². The van der Waals surface area contributed by atoms with Gasteiger partial charge in [-0.1, -0.05) is 17.3 Å². The summed E-state index contributed by atoms with van der Waals surface area (Å²) in [6.45, 7) is 0.0102. The first-order valence-corrected chi connectivity index (χ1v) is 9.30. The number of rotatable bonds is 9. The van der Waals surface area contributed by atoms with Gasteiger partial charge >= 0.3 is 5.97 Å². The lowest BCUT2D eigenvalue weighted by Gasteiger charge is -2.08. The van der Waals surface area contributed by atoms with Crippen molar-refractivity contribution in [3.8, 4) is 0 Å². The van der Waals surface area contributed by atoms with E-state index in [1.54, 1.807) is 20.2 Å². The topological polar surface area (TPSA) is 117 Å². The molecule has 2 N–H and O–H groups in total. The van der Waals surface area contributed by atoms with Gasteiger partial charge in [-0.3, -0.25) is 14.4 Å². The molecule has 0 bridgehead atoms. The lowest BCUT2D eigenvalue weighted by Crippen LogP contribution is -2.26. The number of hydrogen-bond acceptors (Lipinski definition) is 6. The molecule has 0 aliphatic rings. The first-order chi connectivity index (χ1) is 12.8. The van der Waals surface area contributed by atoms with Gasteiger partial charge in [0.15, 0.2) is 5.69 Å². The van der Waals surface area contributed by atoms with Crippen molar-refractivity contribution in [1.82, 2.24) is 19.9 Å². The van der Waals surface area contributed by atoms with Crippen LogP contribution in [0.15, 0.2) is 30.5 Å². The maximum absolute atomic E-state index is 12.3. The quantitative estimate of drug-likeness (QED) is 0.619. The third-order valence-corrected chi connectivity index (χ3v) is 4.51. The van der Waals surface area contributed by atoms with Gasteiger partial charge in [0, 0.05) is 31.3 Å². The van der Waals surface area contributed by atoms with Gasteiger partial charge in [0.1, 0.15) is 6.54 Å². The molecule has 2 aromatic rings. The third-order valence-electron chi connectivity index (χ3n) is 3.48. The zero-order chi connectivity index (χ0) is 19.8. The monoisotopic (exact) mass is 391 g/mol. The van der Waals surface area contributed by atoms with Gasteiger partial charge < -0.3 is 15.3 Å². The van der Waals surface area contributed by atoms with Gasteiger partial charge in [-0.2, -0.15) is 11.8 Å². The van der Waals surface area contributed by atoms with E-state index in [-0.39, 0.29) is 24.6 Å². The number of carbonyl (C=O) groups is 3. The molecule has 0 unspecified atom stereocenters. The minimum absolute atomic E-state index is 0.0102. The molecule has 2 amide bonds. The van der Waals surface area contributed by atoms with Crippen molar-refractivity contribution < 1.29 is 19.5 Å². The number of benzene rings is 1. The van der Waals surface area contributed by atoms with E-state index in [0.29, 0.717) is 17.2 Å². The molecule has 10 heteroatoms. The minimum Gasteiger partial charge on any atom is -0.481 e. The smallest absolute Gasteiger partial charge is 0.304 e. The molecule has 0 fully saturated rings. The molecule has 27 heavy (non-hydrogen) atoms. The van der Waals surface area contributed by atoms with Crippen LogP contribution in [0.4, 0.5) is 5.69 Å². The molecule has 1 aromatic heterocycles. The second-order valence-electron chi connectivity index (χ2n) is 5.94. The number of aliphatic carboxylic acids is 1. The average Bonchev–Trinajstić information content (AvgIpc) is 3.07. The summed E-state index contributed by atoms with van der Waals surface area (Å²) in [7, 11) is 3.28. The summed E-state index contributed by atoms with van der Waals surface area (Å²) in [5, 5.41) is 19.0. The average molecular weight is 391 g/mol. The number of carboxylic acid groups (broad SMARTS) is 1. The minimum atomic E-state index is -0.816. The van der Waals surface area contributed by atoms with Crippen molar-refractivity contribution in [1.29, 1.82) is 0 Å². The van der Waals surface area contributed by atoms with Crippen LogP contribution in [0, 0.1) is 0 Å². The molecule has 0 saturated carbocycles. The zero-order valence-electron chi connectivity index (χ0n) is 15.1. The van der Waals surface area contributed by atoms with Gasteiger partial charge in [-0.05, 0) is 17.7 Å². The maximum Gasteiger partial charge on any atom is 0.304 e. The van der Waals surface area contributed by atoms with Gasteiger partial charge in [0.05, 0.1) is 12.6 Å². The number of carbonyl (C=O) groups excluding carboxylic acids is 2. The summed E-state index contributed by atoms with van der Waals surface area (Å²) in [6.07, 6.45) is 1.54. The molecule has 9 nitrogen and oxygen atoms in total. The highest BCUT2D eigenvalue weighted by atomic mass is 32.2. The number of anilines is 1. The number of likely N-dealkylation sites (N-methyl/N-ethyl adjacent to an activating group) is 1. The van der Waals surface area contributed by atoms with Crippen LogP contribution >= 0.6 is 11.8 Å². The largest absolute Gasteiger partial charge is 0.481 e. The van der Waals surface area contributed by atoms with Gasteiger partial charge in [-0.25, -0.2) is 4.68 Å². The Labute approximate surface area is 160 Å². The molecule has 1 heterocycles. The van der Waals surface area contributed by atoms with Crippen LogP contribution in [-0.4, -0.2) is 62.6 Å². The van der Waals surface area contributed by atoms with Crippen LogP contribution in [-0.2, 0) is 21.9 Å². The Balaban J connectivity index is 1.92. The van der Waals surface area contributed by atoms with Crippen LogP contribution in [0.5, 0.6) is 0 Å². The van der Waals surface area contributed by atoms with Crippen molar-refractivity contribution in [2.45, 2.75) is 18.7 Å². The van der Waals surface area contributed by atoms with E-state index < -0.39 is 11.9 Å². The van der Waals surface area contributed by atoms with E-state index in [1.165, 1.54) is 27.5 Å². The molecule has 0 aliphatic heterocycles. The molecule has 1 aromatic carbocycles. The summed E-state index contributed by atoms with van der Waals surface area (Å²) < 4.78 is 1.31. The fraction of sp³-hybridized carbons (Fsp3) is 0.353. The van der Waals surface area contributed by atoms with Crippen molar-refractivity contribution in [2.75, 3.05) is 25.2 Å². The first kappa shape index (κ1) is 20.4. The number of nitrogens with one attached hydrogen (secondary N) is 1. The van der Waals surface area contributed by atoms with Crippen LogP contribution in [0.2, 0.25) is 0 Å². The normalized spacial score (nSPS) is 10.4. The Hall–Kier alpha value is -2.88. The molecule has 0 aliphatic carbocycles. The van der Waals surface area contributed by atoms with Gasteiger partial charge in [0.2, 0.25) is 5.91 Å². The zero-order valence-corrected chi connectivity index (χ0v) is 15.9. The molecule has 0 saturated heterocycles.